The maximum atomic E-state index is 6.12. The molecule has 2 aromatic heterocycles. The van der Waals surface area contributed by atoms with Gasteiger partial charge in [-0.3, -0.25) is 4.68 Å². The van der Waals surface area contributed by atoms with Gasteiger partial charge in [0.2, 0.25) is 0 Å². The van der Waals surface area contributed by atoms with Crippen molar-refractivity contribution in [1.82, 2.24) is 20.0 Å². The molecule has 0 aliphatic rings. The highest BCUT2D eigenvalue weighted by Gasteiger charge is 2.05. The van der Waals surface area contributed by atoms with Gasteiger partial charge in [0.05, 0.1) is 21.4 Å². The predicted octanol–water partition coefficient (Wildman–Crippen LogP) is 3.04. The van der Waals surface area contributed by atoms with Crippen molar-refractivity contribution >= 4 is 38.3 Å². The quantitative estimate of drug-likeness (QED) is 0.735. The zero-order valence-corrected chi connectivity index (χ0v) is 11.7. The van der Waals surface area contributed by atoms with Gasteiger partial charge in [-0.25, -0.2) is 4.98 Å². The predicted molar refractivity (Wildman–Crippen MR) is 77.8 cm³/mol. The van der Waals surface area contributed by atoms with Crippen LogP contribution < -0.4 is 5.32 Å². The van der Waals surface area contributed by atoms with Gasteiger partial charge in [0.25, 0.3) is 0 Å². The number of hydrogen-bond acceptors (Lipinski definition) is 5. The largest absolute Gasteiger partial charge is 0.361 e. The van der Waals surface area contributed by atoms with E-state index in [4.69, 9.17) is 11.6 Å². The number of thiazole rings is 1. The Morgan fingerprint density at radius 1 is 1.37 bits per heavy atom. The maximum Gasteiger partial charge on any atom is 0.183 e. The summed E-state index contributed by atoms with van der Waals surface area (Å²) < 4.78 is 2.85. The molecule has 7 heteroatoms. The van der Waals surface area contributed by atoms with Crippen LogP contribution in [0.3, 0.4) is 0 Å². The summed E-state index contributed by atoms with van der Waals surface area (Å²) in [5.41, 5.74) is 0.941. The Hall–Kier alpha value is -1.66. The van der Waals surface area contributed by atoms with E-state index in [0.29, 0.717) is 0 Å². The summed E-state index contributed by atoms with van der Waals surface area (Å²) in [5, 5.41) is 12.7. The second-order valence-corrected chi connectivity index (χ2v) is 5.46. The zero-order valence-electron chi connectivity index (χ0n) is 10.1. The molecule has 0 saturated heterocycles. The molecule has 0 amide bonds. The fourth-order valence-corrected chi connectivity index (χ4v) is 2.96. The first-order chi connectivity index (χ1) is 9.33. The smallest absolute Gasteiger partial charge is 0.183 e. The molecule has 0 radical (unpaired) electrons. The minimum absolute atomic E-state index is 0.755. The van der Waals surface area contributed by atoms with Crippen LogP contribution in [0.2, 0.25) is 5.02 Å². The Morgan fingerprint density at radius 2 is 2.32 bits per heavy atom. The number of hydrogen-bond donors (Lipinski definition) is 1. The highest BCUT2D eigenvalue weighted by atomic mass is 35.5. The molecule has 0 unspecified atom stereocenters. The Balaban J connectivity index is 1.58. The van der Waals surface area contributed by atoms with Crippen molar-refractivity contribution in [2.75, 3.05) is 11.9 Å². The summed E-state index contributed by atoms with van der Waals surface area (Å²) >= 11 is 7.71. The molecule has 0 atom stereocenters. The van der Waals surface area contributed by atoms with E-state index in [1.54, 1.807) is 17.5 Å². The summed E-state index contributed by atoms with van der Waals surface area (Å²) in [4.78, 5) is 4.50. The van der Waals surface area contributed by atoms with E-state index in [0.717, 1.165) is 39.9 Å². The molecule has 19 heavy (non-hydrogen) atoms. The number of halogens is 1. The van der Waals surface area contributed by atoms with Crippen LogP contribution in [-0.4, -0.2) is 26.5 Å². The molecule has 0 aliphatic heterocycles. The van der Waals surface area contributed by atoms with Crippen LogP contribution >= 0.6 is 22.9 Å². The minimum atomic E-state index is 0.755. The van der Waals surface area contributed by atoms with Gasteiger partial charge in [-0.05, 0) is 18.6 Å². The van der Waals surface area contributed by atoms with Gasteiger partial charge in [-0.2, -0.15) is 0 Å². The molecule has 0 spiro atoms. The molecule has 3 rings (SSSR count). The van der Waals surface area contributed by atoms with E-state index in [9.17, 15) is 0 Å². The van der Waals surface area contributed by atoms with Gasteiger partial charge >= 0.3 is 0 Å². The Bertz CT molecular complexity index is 664. The van der Waals surface area contributed by atoms with Crippen molar-refractivity contribution in [3.8, 4) is 0 Å². The number of benzene rings is 1. The fourth-order valence-electron chi connectivity index (χ4n) is 1.78. The van der Waals surface area contributed by atoms with E-state index >= 15 is 0 Å². The van der Waals surface area contributed by atoms with Crippen LogP contribution in [0.25, 0.3) is 10.2 Å². The number of aromatic nitrogens is 4. The van der Waals surface area contributed by atoms with Gasteiger partial charge < -0.3 is 5.32 Å². The van der Waals surface area contributed by atoms with Gasteiger partial charge in [0.15, 0.2) is 5.13 Å². The van der Waals surface area contributed by atoms with E-state index in [2.05, 4.69) is 20.6 Å². The third kappa shape index (κ3) is 2.85. The number of rotatable bonds is 5. The molecule has 3 aromatic rings. The van der Waals surface area contributed by atoms with Crippen molar-refractivity contribution in [3.63, 3.8) is 0 Å². The first-order valence-corrected chi connectivity index (χ1v) is 7.15. The van der Waals surface area contributed by atoms with Gasteiger partial charge in [0.1, 0.15) is 0 Å². The average Bonchev–Trinajstić information content (AvgIpc) is 3.04. The van der Waals surface area contributed by atoms with Crippen LogP contribution in [0.4, 0.5) is 5.13 Å². The van der Waals surface area contributed by atoms with Crippen LogP contribution in [0.15, 0.2) is 30.6 Å². The summed E-state index contributed by atoms with van der Waals surface area (Å²) in [7, 11) is 0. The van der Waals surface area contributed by atoms with Crippen molar-refractivity contribution in [2.24, 2.45) is 0 Å². The SMILES string of the molecule is Clc1cccc2nc(NCCCn3ccnn3)sc12. The molecule has 1 aromatic carbocycles. The Morgan fingerprint density at radius 3 is 3.11 bits per heavy atom. The van der Waals surface area contributed by atoms with Crippen molar-refractivity contribution < 1.29 is 0 Å². The topological polar surface area (TPSA) is 55.6 Å². The lowest BCUT2D eigenvalue weighted by molar-refractivity contribution is 0.570. The lowest BCUT2D eigenvalue weighted by Crippen LogP contribution is -2.07. The average molecular weight is 294 g/mol. The molecule has 2 heterocycles. The van der Waals surface area contributed by atoms with Gasteiger partial charge in [-0.1, -0.05) is 34.2 Å². The molecule has 0 aliphatic carbocycles. The third-order valence-corrected chi connectivity index (χ3v) is 4.17. The van der Waals surface area contributed by atoms with Crippen molar-refractivity contribution in [1.29, 1.82) is 0 Å². The number of nitrogens with zero attached hydrogens (tertiary/aromatic N) is 4. The van der Waals surface area contributed by atoms with Crippen LogP contribution in [0.1, 0.15) is 6.42 Å². The minimum Gasteiger partial charge on any atom is -0.361 e. The summed E-state index contributed by atoms with van der Waals surface area (Å²) in [6, 6.07) is 5.77. The summed E-state index contributed by atoms with van der Waals surface area (Å²) in [6.07, 6.45) is 4.51. The molecular formula is C12H12ClN5S. The lowest BCUT2D eigenvalue weighted by Gasteiger charge is -2.01. The number of anilines is 1. The summed E-state index contributed by atoms with van der Waals surface area (Å²) in [5.74, 6) is 0. The molecule has 0 bridgehead atoms. The Kier molecular flexibility index (Phi) is 3.61. The highest BCUT2D eigenvalue weighted by molar-refractivity contribution is 7.22. The van der Waals surface area contributed by atoms with Crippen molar-refractivity contribution in [2.45, 2.75) is 13.0 Å². The normalized spacial score (nSPS) is 11.0. The van der Waals surface area contributed by atoms with E-state index in [1.807, 2.05) is 29.1 Å². The van der Waals surface area contributed by atoms with Crippen LogP contribution in [0, 0.1) is 0 Å². The molecule has 0 fully saturated rings. The second-order valence-electron chi connectivity index (χ2n) is 4.05. The third-order valence-electron chi connectivity index (χ3n) is 2.68. The molecular weight excluding hydrogens is 282 g/mol. The lowest BCUT2D eigenvalue weighted by atomic mass is 10.3. The second kappa shape index (κ2) is 5.54. The van der Waals surface area contributed by atoms with E-state index in [1.165, 1.54) is 0 Å². The highest BCUT2D eigenvalue weighted by Crippen LogP contribution is 2.31. The standard InChI is InChI=1S/C12H12ClN5S/c13-9-3-1-4-10-11(9)19-12(16-10)14-5-2-7-18-8-6-15-17-18/h1,3-4,6,8H,2,5,7H2,(H,14,16). The molecule has 1 N–H and O–H groups in total. The first-order valence-electron chi connectivity index (χ1n) is 5.96. The summed E-state index contributed by atoms with van der Waals surface area (Å²) in [6.45, 7) is 1.69. The fraction of sp³-hybridized carbons (Fsp3) is 0.250. The van der Waals surface area contributed by atoms with Crippen molar-refractivity contribution in [3.05, 3.63) is 35.6 Å². The van der Waals surface area contributed by atoms with E-state index < -0.39 is 0 Å². The number of aryl methyl sites for hydroxylation is 1. The molecule has 98 valence electrons. The van der Waals surface area contributed by atoms with Crippen LogP contribution in [0.5, 0.6) is 0 Å². The Labute approximate surface area is 119 Å². The monoisotopic (exact) mass is 293 g/mol. The zero-order chi connectivity index (χ0) is 13.1. The number of nitrogens with one attached hydrogen (secondary N) is 1. The first kappa shape index (κ1) is 12.4. The maximum absolute atomic E-state index is 6.12. The molecule has 0 saturated carbocycles. The van der Waals surface area contributed by atoms with E-state index in [-0.39, 0.29) is 0 Å². The van der Waals surface area contributed by atoms with Crippen LogP contribution in [-0.2, 0) is 6.54 Å². The molecule has 5 nitrogen and oxygen atoms in total. The van der Waals surface area contributed by atoms with Gasteiger partial charge in [-0.15, -0.1) is 5.10 Å². The van der Waals surface area contributed by atoms with Gasteiger partial charge in [0, 0.05) is 19.3 Å². The number of fused-ring (bicyclic) bond motifs is 1.